The third-order valence-electron chi connectivity index (χ3n) is 4.25. The fourth-order valence-electron chi connectivity index (χ4n) is 2.63. The van der Waals surface area contributed by atoms with Crippen molar-refractivity contribution in [2.75, 3.05) is 18.0 Å². The van der Waals surface area contributed by atoms with E-state index in [0.29, 0.717) is 11.4 Å². The van der Waals surface area contributed by atoms with Crippen LogP contribution in [0.4, 0.5) is 5.69 Å². The normalized spacial score (nSPS) is 11.4. The number of carbonyl (C=O) groups excluding carboxylic acids is 1. The first-order valence-corrected chi connectivity index (χ1v) is 11.3. The molecule has 0 bridgehead atoms. The number of benzene rings is 2. The minimum Gasteiger partial charge on any atom is -0.497 e. The van der Waals surface area contributed by atoms with Gasteiger partial charge in [-0.1, -0.05) is 18.2 Å². The first-order valence-electron chi connectivity index (χ1n) is 8.99. The highest BCUT2D eigenvalue weighted by molar-refractivity contribution is 7.92. The second-order valence-corrected chi connectivity index (χ2v) is 9.09. The minimum atomic E-state index is -3.96. The van der Waals surface area contributed by atoms with E-state index in [0.717, 1.165) is 14.7 Å². The van der Waals surface area contributed by atoms with Crippen LogP contribution in [-0.2, 0) is 14.8 Å². The molecule has 0 aliphatic rings. The highest BCUT2D eigenvalue weighted by Gasteiger charge is 2.27. The predicted molar refractivity (Wildman–Crippen MR) is 119 cm³/mol. The molecule has 3 aromatic rings. The monoisotopic (exact) mass is 443 g/mol. The molecule has 7 nitrogen and oxygen atoms in total. The van der Waals surface area contributed by atoms with Crippen LogP contribution in [0.1, 0.15) is 10.4 Å². The van der Waals surface area contributed by atoms with Crippen molar-refractivity contribution in [3.05, 3.63) is 76.5 Å². The lowest BCUT2D eigenvalue weighted by Crippen LogP contribution is -2.39. The van der Waals surface area contributed by atoms with Crippen LogP contribution >= 0.6 is 11.3 Å². The Balaban J connectivity index is 1.84. The van der Waals surface area contributed by atoms with Crippen LogP contribution in [0.25, 0.3) is 0 Å². The Bertz CT molecular complexity index is 1120. The van der Waals surface area contributed by atoms with E-state index in [4.69, 9.17) is 4.74 Å². The first-order chi connectivity index (χ1) is 14.4. The summed E-state index contributed by atoms with van der Waals surface area (Å²) in [6.45, 7) is 1.52. The summed E-state index contributed by atoms with van der Waals surface area (Å²) >= 11 is 1.50. The maximum atomic E-state index is 13.2. The van der Waals surface area contributed by atoms with Gasteiger partial charge in [0.25, 0.3) is 15.9 Å². The Morgan fingerprint density at radius 1 is 1.13 bits per heavy atom. The number of rotatable bonds is 8. The molecular weight excluding hydrogens is 422 g/mol. The van der Waals surface area contributed by atoms with Crippen molar-refractivity contribution in [1.29, 1.82) is 0 Å². The molecule has 1 aromatic heterocycles. The zero-order valence-electron chi connectivity index (χ0n) is 16.5. The van der Waals surface area contributed by atoms with E-state index in [1.54, 1.807) is 48.7 Å². The number of nitrogens with one attached hydrogen (secondary N) is 1. The minimum absolute atomic E-state index is 0.0892. The number of sulfonamides is 1. The Labute approximate surface area is 179 Å². The molecule has 0 spiro atoms. The summed E-state index contributed by atoms with van der Waals surface area (Å²) in [6, 6.07) is 16.4. The molecule has 0 radical (unpaired) electrons. The van der Waals surface area contributed by atoms with Gasteiger partial charge in [0, 0.05) is 4.88 Å². The van der Waals surface area contributed by atoms with E-state index in [-0.39, 0.29) is 4.90 Å². The zero-order chi connectivity index (χ0) is 21.6. The van der Waals surface area contributed by atoms with Gasteiger partial charge in [-0.25, -0.2) is 13.8 Å². The molecule has 0 aliphatic carbocycles. The second-order valence-electron chi connectivity index (χ2n) is 6.28. The summed E-state index contributed by atoms with van der Waals surface area (Å²) in [5.74, 6) is 0.0203. The molecule has 1 N–H and O–H groups in total. The van der Waals surface area contributed by atoms with Crippen molar-refractivity contribution >= 4 is 39.2 Å². The summed E-state index contributed by atoms with van der Waals surface area (Å²) in [6.07, 6.45) is 1.54. The number of nitrogens with zero attached hydrogens (tertiary/aromatic N) is 2. The standard InChI is InChI=1S/C21H21N3O4S2/c1-16-12-13-29-20(16)14-22-23-21(25)15-24(17-8-10-18(28-2)11-9-17)30(26,27)19-6-4-3-5-7-19/h3-14H,15H2,1-2H3,(H,23,25)/b22-14-. The summed E-state index contributed by atoms with van der Waals surface area (Å²) < 4.78 is 32.6. The van der Waals surface area contributed by atoms with Crippen LogP contribution in [0, 0.1) is 6.92 Å². The number of hydrogen-bond acceptors (Lipinski definition) is 6. The highest BCUT2D eigenvalue weighted by Crippen LogP contribution is 2.25. The van der Waals surface area contributed by atoms with E-state index in [1.807, 2.05) is 18.4 Å². The quantitative estimate of drug-likeness (QED) is 0.427. The Morgan fingerprint density at radius 2 is 1.83 bits per heavy atom. The van der Waals surface area contributed by atoms with E-state index >= 15 is 0 Å². The third-order valence-corrected chi connectivity index (χ3v) is 6.99. The van der Waals surface area contributed by atoms with Crippen molar-refractivity contribution in [2.45, 2.75) is 11.8 Å². The topological polar surface area (TPSA) is 88.1 Å². The number of hydrazone groups is 1. The molecule has 0 saturated carbocycles. The van der Waals surface area contributed by atoms with Crippen molar-refractivity contribution < 1.29 is 17.9 Å². The van der Waals surface area contributed by atoms with Crippen LogP contribution in [0.3, 0.4) is 0 Å². The van der Waals surface area contributed by atoms with E-state index in [9.17, 15) is 13.2 Å². The van der Waals surface area contributed by atoms with Crippen LogP contribution in [-0.4, -0.2) is 34.2 Å². The molecule has 0 aliphatic heterocycles. The van der Waals surface area contributed by atoms with Crippen molar-refractivity contribution in [3.8, 4) is 5.75 Å². The second kappa shape index (κ2) is 9.55. The van der Waals surface area contributed by atoms with Crippen LogP contribution < -0.4 is 14.5 Å². The Morgan fingerprint density at radius 3 is 2.43 bits per heavy atom. The van der Waals surface area contributed by atoms with Gasteiger partial charge in [0.1, 0.15) is 12.3 Å². The van der Waals surface area contributed by atoms with Gasteiger partial charge in [-0.2, -0.15) is 5.10 Å². The number of thiophene rings is 1. The molecule has 30 heavy (non-hydrogen) atoms. The van der Waals surface area contributed by atoms with Gasteiger partial charge in [-0.3, -0.25) is 9.10 Å². The van der Waals surface area contributed by atoms with Crippen molar-refractivity contribution in [3.63, 3.8) is 0 Å². The largest absolute Gasteiger partial charge is 0.497 e. The number of aryl methyl sites for hydroxylation is 1. The molecular formula is C21H21N3O4S2. The lowest BCUT2D eigenvalue weighted by atomic mass is 10.3. The summed E-state index contributed by atoms with van der Waals surface area (Å²) in [5.41, 5.74) is 3.79. The molecule has 2 aromatic carbocycles. The van der Waals surface area contributed by atoms with Gasteiger partial charge in [0.15, 0.2) is 0 Å². The van der Waals surface area contributed by atoms with Gasteiger partial charge >= 0.3 is 0 Å². The van der Waals surface area contributed by atoms with Crippen LogP contribution in [0.2, 0.25) is 0 Å². The van der Waals surface area contributed by atoms with Gasteiger partial charge in [0.05, 0.1) is 23.9 Å². The Kier molecular flexibility index (Phi) is 6.86. The fraction of sp³-hybridized carbons (Fsp3) is 0.143. The molecule has 156 valence electrons. The maximum Gasteiger partial charge on any atom is 0.264 e. The maximum absolute atomic E-state index is 13.2. The van der Waals surface area contributed by atoms with Gasteiger partial charge < -0.3 is 4.74 Å². The summed E-state index contributed by atoms with van der Waals surface area (Å²) in [5, 5.41) is 5.87. The average Bonchev–Trinajstić information content (AvgIpc) is 3.17. The number of methoxy groups -OCH3 is 1. The number of ether oxygens (including phenoxy) is 1. The van der Waals surface area contributed by atoms with Crippen LogP contribution in [0.15, 0.2) is 76.0 Å². The molecule has 0 unspecified atom stereocenters. The van der Waals surface area contributed by atoms with Gasteiger partial charge in [-0.15, -0.1) is 11.3 Å². The fourth-order valence-corrected chi connectivity index (χ4v) is 4.86. The molecule has 9 heteroatoms. The lowest BCUT2D eigenvalue weighted by Gasteiger charge is -2.23. The lowest BCUT2D eigenvalue weighted by molar-refractivity contribution is -0.119. The van der Waals surface area contributed by atoms with E-state index in [1.165, 1.54) is 30.6 Å². The van der Waals surface area contributed by atoms with Crippen molar-refractivity contribution in [1.82, 2.24) is 5.43 Å². The molecule has 0 saturated heterocycles. The van der Waals surface area contributed by atoms with E-state index < -0.39 is 22.5 Å². The number of hydrogen-bond donors (Lipinski definition) is 1. The van der Waals surface area contributed by atoms with Crippen LogP contribution in [0.5, 0.6) is 5.75 Å². The van der Waals surface area contributed by atoms with Gasteiger partial charge in [-0.05, 0) is 60.3 Å². The first kappa shape index (κ1) is 21.5. The highest BCUT2D eigenvalue weighted by atomic mass is 32.2. The zero-order valence-corrected chi connectivity index (χ0v) is 18.1. The third kappa shape index (κ3) is 5.05. The number of anilines is 1. The van der Waals surface area contributed by atoms with Crippen molar-refractivity contribution in [2.24, 2.45) is 5.10 Å². The summed E-state index contributed by atoms with van der Waals surface area (Å²) in [7, 11) is -2.44. The Hall–Kier alpha value is -3.17. The molecule has 1 heterocycles. The van der Waals surface area contributed by atoms with Gasteiger partial charge in [0.2, 0.25) is 0 Å². The molecule has 0 atom stereocenters. The molecule has 3 rings (SSSR count). The predicted octanol–water partition coefficient (Wildman–Crippen LogP) is 3.41. The number of amides is 1. The molecule has 1 amide bonds. The number of carbonyl (C=O) groups is 1. The molecule has 0 fully saturated rings. The summed E-state index contributed by atoms with van der Waals surface area (Å²) in [4.78, 5) is 13.5. The smallest absolute Gasteiger partial charge is 0.264 e. The SMILES string of the molecule is COc1ccc(N(CC(=O)N/N=C\c2sccc2C)S(=O)(=O)c2ccccc2)cc1. The average molecular weight is 444 g/mol. The van der Waals surface area contributed by atoms with E-state index in [2.05, 4.69) is 10.5 Å².